The normalized spacial score (nSPS) is 13.8. The summed E-state index contributed by atoms with van der Waals surface area (Å²) in [5.74, 6) is 0. The molecule has 74 valence electrons. The van der Waals surface area contributed by atoms with Crippen LogP contribution >= 0.6 is 0 Å². The molecular formula is C10H24N2. The molecule has 0 aliphatic carbocycles. The molecule has 0 saturated carbocycles. The van der Waals surface area contributed by atoms with Gasteiger partial charge in [-0.25, -0.2) is 0 Å². The number of hydrogen-bond donors (Lipinski definition) is 1. The summed E-state index contributed by atoms with van der Waals surface area (Å²) in [6.45, 7) is 9.91. The molecule has 0 heterocycles. The average molecular weight is 172 g/mol. The highest BCUT2D eigenvalue weighted by atomic mass is 15.1. The van der Waals surface area contributed by atoms with Gasteiger partial charge in [-0.05, 0) is 38.9 Å². The number of rotatable bonds is 7. The third-order valence-corrected chi connectivity index (χ3v) is 2.40. The van der Waals surface area contributed by atoms with E-state index in [0.717, 1.165) is 19.5 Å². The second-order valence-corrected chi connectivity index (χ2v) is 3.27. The molecule has 0 aromatic carbocycles. The van der Waals surface area contributed by atoms with Crippen LogP contribution in [0.3, 0.4) is 0 Å². The third kappa shape index (κ3) is 4.07. The van der Waals surface area contributed by atoms with E-state index in [-0.39, 0.29) is 0 Å². The summed E-state index contributed by atoms with van der Waals surface area (Å²) < 4.78 is 0. The molecule has 0 amide bonds. The van der Waals surface area contributed by atoms with Crippen LogP contribution in [0.15, 0.2) is 0 Å². The van der Waals surface area contributed by atoms with Gasteiger partial charge in [0.25, 0.3) is 0 Å². The molecular weight excluding hydrogens is 148 g/mol. The van der Waals surface area contributed by atoms with Crippen molar-refractivity contribution in [3.8, 4) is 0 Å². The van der Waals surface area contributed by atoms with Gasteiger partial charge in [0.2, 0.25) is 0 Å². The van der Waals surface area contributed by atoms with Gasteiger partial charge >= 0.3 is 0 Å². The van der Waals surface area contributed by atoms with E-state index in [1.165, 1.54) is 19.4 Å². The maximum Gasteiger partial charge on any atom is 0.0104 e. The Balaban J connectivity index is 3.84. The van der Waals surface area contributed by atoms with Crippen molar-refractivity contribution >= 4 is 0 Å². The lowest BCUT2D eigenvalue weighted by Gasteiger charge is -2.29. The number of hydrogen-bond acceptors (Lipinski definition) is 2. The second kappa shape index (κ2) is 7.56. The van der Waals surface area contributed by atoms with Gasteiger partial charge in [-0.15, -0.1) is 0 Å². The molecule has 0 bridgehead atoms. The first kappa shape index (κ1) is 11.9. The van der Waals surface area contributed by atoms with Crippen molar-refractivity contribution in [1.29, 1.82) is 0 Å². The van der Waals surface area contributed by atoms with Gasteiger partial charge in [-0.1, -0.05) is 20.8 Å². The molecule has 12 heavy (non-hydrogen) atoms. The standard InChI is InChI=1S/C10H24N2/c1-4-9-12(6-3)10(5-2)7-8-11/h10H,4-9,11H2,1-3H3. The van der Waals surface area contributed by atoms with Crippen molar-refractivity contribution in [1.82, 2.24) is 4.90 Å². The summed E-state index contributed by atoms with van der Waals surface area (Å²) in [4.78, 5) is 2.53. The van der Waals surface area contributed by atoms with Crippen LogP contribution in [-0.2, 0) is 0 Å². The molecule has 0 fully saturated rings. The van der Waals surface area contributed by atoms with Gasteiger partial charge in [0.05, 0.1) is 0 Å². The monoisotopic (exact) mass is 172 g/mol. The molecule has 0 rings (SSSR count). The highest BCUT2D eigenvalue weighted by Crippen LogP contribution is 2.07. The van der Waals surface area contributed by atoms with Gasteiger partial charge in [-0.3, -0.25) is 0 Å². The van der Waals surface area contributed by atoms with Crippen molar-refractivity contribution in [3.63, 3.8) is 0 Å². The largest absolute Gasteiger partial charge is 0.330 e. The van der Waals surface area contributed by atoms with Crippen molar-refractivity contribution in [2.75, 3.05) is 19.6 Å². The smallest absolute Gasteiger partial charge is 0.0104 e. The molecule has 0 aliphatic rings. The summed E-state index contributed by atoms with van der Waals surface area (Å²) in [6.07, 6.45) is 3.62. The fourth-order valence-electron chi connectivity index (χ4n) is 1.72. The Bertz CT molecular complexity index is 81.8. The Morgan fingerprint density at radius 3 is 2.25 bits per heavy atom. The highest BCUT2D eigenvalue weighted by Gasteiger charge is 2.12. The highest BCUT2D eigenvalue weighted by molar-refractivity contribution is 4.69. The first-order valence-corrected chi connectivity index (χ1v) is 5.24. The van der Waals surface area contributed by atoms with E-state index in [9.17, 15) is 0 Å². The van der Waals surface area contributed by atoms with E-state index in [1.54, 1.807) is 0 Å². The molecule has 0 aromatic heterocycles. The predicted octanol–water partition coefficient (Wildman–Crippen LogP) is 1.85. The second-order valence-electron chi connectivity index (χ2n) is 3.27. The van der Waals surface area contributed by atoms with E-state index >= 15 is 0 Å². The molecule has 2 nitrogen and oxygen atoms in total. The zero-order valence-corrected chi connectivity index (χ0v) is 8.84. The molecule has 2 heteroatoms. The Hall–Kier alpha value is -0.0800. The fourth-order valence-corrected chi connectivity index (χ4v) is 1.72. The van der Waals surface area contributed by atoms with Crippen LogP contribution in [0.5, 0.6) is 0 Å². The zero-order chi connectivity index (χ0) is 9.40. The van der Waals surface area contributed by atoms with E-state index in [4.69, 9.17) is 5.73 Å². The number of nitrogens with zero attached hydrogens (tertiary/aromatic N) is 1. The fraction of sp³-hybridized carbons (Fsp3) is 1.00. The van der Waals surface area contributed by atoms with Gasteiger partial charge in [0.1, 0.15) is 0 Å². The Labute approximate surface area is 77.1 Å². The Morgan fingerprint density at radius 1 is 1.25 bits per heavy atom. The minimum absolute atomic E-state index is 0.708. The summed E-state index contributed by atoms with van der Waals surface area (Å²) in [7, 11) is 0. The Morgan fingerprint density at radius 2 is 1.92 bits per heavy atom. The predicted molar refractivity (Wildman–Crippen MR) is 55.3 cm³/mol. The first-order chi connectivity index (χ1) is 5.79. The number of nitrogens with two attached hydrogens (primary N) is 1. The average Bonchev–Trinajstić information content (AvgIpc) is 2.11. The molecule has 0 saturated heterocycles. The molecule has 1 atom stereocenters. The molecule has 0 aromatic rings. The Kier molecular flexibility index (Phi) is 7.51. The molecule has 0 spiro atoms. The van der Waals surface area contributed by atoms with Gasteiger partial charge in [0.15, 0.2) is 0 Å². The van der Waals surface area contributed by atoms with E-state index in [1.807, 2.05) is 0 Å². The minimum atomic E-state index is 0.708. The van der Waals surface area contributed by atoms with Crippen molar-refractivity contribution in [3.05, 3.63) is 0 Å². The van der Waals surface area contributed by atoms with Crippen LogP contribution in [0.2, 0.25) is 0 Å². The van der Waals surface area contributed by atoms with Gasteiger partial charge in [-0.2, -0.15) is 0 Å². The third-order valence-electron chi connectivity index (χ3n) is 2.40. The first-order valence-electron chi connectivity index (χ1n) is 5.24. The van der Waals surface area contributed by atoms with E-state index in [2.05, 4.69) is 25.7 Å². The molecule has 1 unspecified atom stereocenters. The van der Waals surface area contributed by atoms with Crippen molar-refractivity contribution in [2.45, 2.75) is 46.1 Å². The quantitative estimate of drug-likeness (QED) is 0.635. The summed E-state index contributed by atoms with van der Waals surface area (Å²) in [5, 5.41) is 0. The zero-order valence-electron chi connectivity index (χ0n) is 8.84. The maximum absolute atomic E-state index is 5.57. The van der Waals surface area contributed by atoms with Crippen LogP contribution in [0.1, 0.15) is 40.0 Å². The van der Waals surface area contributed by atoms with Crippen LogP contribution in [0.25, 0.3) is 0 Å². The maximum atomic E-state index is 5.57. The summed E-state index contributed by atoms with van der Waals surface area (Å²) >= 11 is 0. The molecule has 0 radical (unpaired) electrons. The molecule has 2 N–H and O–H groups in total. The lowest BCUT2D eigenvalue weighted by atomic mass is 10.1. The van der Waals surface area contributed by atoms with E-state index < -0.39 is 0 Å². The summed E-state index contributed by atoms with van der Waals surface area (Å²) in [5.41, 5.74) is 5.57. The van der Waals surface area contributed by atoms with Crippen LogP contribution in [0.4, 0.5) is 0 Å². The molecule has 0 aliphatic heterocycles. The van der Waals surface area contributed by atoms with Crippen molar-refractivity contribution < 1.29 is 0 Å². The van der Waals surface area contributed by atoms with Crippen molar-refractivity contribution in [2.24, 2.45) is 5.73 Å². The minimum Gasteiger partial charge on any atom is -0.330 e. The van der Waals surface area contributed by atoms with Crippen LogP contribution < -0.4 is 5.73 Å². The van der Waals surface area contributed by atoms with E-state index in [0.29, 0.717) is 6.04 Å². The lowest BCUT2D eigenvalue weighted by Crippen LogP contribution is -2.36. The lowest BCUT2D eigenvalue weighted by molar-refractivity contribution is 0.193. The van der Waals surface area contributed by atoms with Crippen LogP contribution in [-0.4, -0.2) is 30.6 Å². The topological polar surface area (TPSA) is 29.3 Å². The van der Waals surface area contributed by atoms with Crippen LogP contribution in [0, 0.1) is 0 Å². The van der Waals surface area contributed by atoms with Gasteiger partial charge < -0.3 is 10.6 Å². The van der Waals surface area contributed by atoms with Gasteiger partial charge in [0, 0.05) is 6.04 Å². The summed E-state index contributed by atoms with van der Waals surface area (Å²) in [6, 6.07) is 0.708. The SMILES string of the molecule is CCCN(CC)C(CC)CCN.